The van der Waals surface area contributed by atoms with Gasteiger partial charge in [-0.2, -0.15) is 13.2 Å². The van der Waals surface area contributed by atoms with E-state index in [1.165, 1.54) is 0 Å². The molecule has 1 N–H and O–H groups in total. The van der Waals surface area contributed by atoms with Crippen molar-refractivity contribution in [2.24, 2.45) is 0 Å². The largest absolute Gasteiger partial charge is 0.416 e. The molecule has 1 aromatic carbocycles. The number of amides is 1. The fraction of sp³-hybridized carbons (Fsp3) is 0.533. The van der Waals surface area contributed by atoms with Gasteiger partial charge in [0.25, 0.3) is 0 Å². The first kappa shape index (κ1) is 18.0. The Bertz CT molecular complexity index is 557. The Morgan fingerprint density at radius 3 is 2.39 bits per heavy atom. The lowest BCUT2D eigenvalue weighted by molar-refractivity contribution is -0.137. The van der Waals surface area contributed by atoms with Gasteiger partial charge in [-0.15, -0.1) is 0 Å². The quantitative estimate of drug-likeness (QED) is 0.908. The molecule has 23 heavy (non-hydrogen) atoms. The van der Waals surface area contributed by atoms with Crippen LogP contribution in [0.15, 0.2) is 18.2 Å². The van der Waals surface area contributed by atoms with Gasteiger partial charge in [0, 0.05) is 26.2 Å². The van der Waals surface area contributed by atoms with Crippen molar-refractivity contribution >= 4 is 23.2 Å². The van der Waals surface area contributed by atoms with Crippen LogP contribution in [0.5, 0.6) is 0 Å². The van der Waals surface area contributed by atoms with Crippen LogP contribution < -0.4 is 5.32 Å². The lowest BCUT2D eigenvalue weighted by atomic mass is 10.2. The van der Waals surface area contributed by atoms with E-state index in [9.17, 15) is 18.0 Å². The van der Waals surface area contributed by atoms with Gasteiger partial charge in [0.2, 0.25) is 5.91 Å². The van der Waals surface area contributed by atoms with E-state index in [1.807, 2.05) is 4.90 Å². The van der Waals surface area contributed by atoms with E-state index in [2.05, 4.69) is 17.1 Å². The molecular formula is C15H19ClF3N3O. The number of carbonyl (C=O) groups excluding carboxylic acids is 1. The summed E-state index contributed by atoms with van der Waals surface area (Å²) in [6.45, 7) is 6.49. The van der Waals surface area contributed by atoms with Crippen LogP contribution in [0.2, 0.25) is 5.02 Å². The van der Waals surface area contributed by atoms with Gasteiger partial charge in [-0.05, 0) is 24.7 Å². The summed E-state index contributed by atoms with van der Waals surface area (Å²) in [4.78, 5) is 16.3. The fourth-order valence-electron chi connectivity index (χ4n) is 2.45. The number of nitrogens with one attached hydrogen (secondary N) is 1. The van der Waals surface area contributed by atoms with E-state index in [-0.39, 0.29) is 23.2 Å². The minimum atomic E-state index is -4.47. The molecule has 1 heterocycles. The van der Waals surface area contributed by atoms with Crippen LogP contribution in [-0.4, -0.2) is 55.0 Å². The number of benzene rings is 1. The zero-order chi connectivity index (χ0) is 17.0. The van der Waals surface area contributed by atoms with E-state index >= 15 is 0 Å². The Hall–Kier alpha value is -1.31. The maximum Gasteiger partial charge on any atom is 0.416 e. The summed E-state index contributed by atoms with van der Waals surface area (Å²) in [6, 6.07) is 2.89. The molecule has 1 amide bonds. The molecule has 128 valence electrons. The van der Waals surface area contributed by atoms with Gasteiger partial charge in [0.05, 0.1) is 22.8 Å². The van der Waals surface area contributed by atoms with Crippen molar-refractivity contribution in [1.82, 2.24) is 9.80 Å². The topological polar surface area (TPSA) is 35.6 Å². The third kappa shape index (κ3) is 5.09. The molecule has 1 aliphatic heterocycles. The molecule has 1 fully saturated rings. The van der Waals surface area contributed by atoms with Crippen molar-refractivity contribution in [2.75, 3.05) is 44.6 Å². The van der Waals surface area contributed by atoms with Crippen LogP contribution >= 0.6 is 11.6 Å². The zero-order valence-electron chi connectivity index (χ0n) is 12.8. The molecule has 4 nitrogen and oxygen atoms in total. The highest BCUT2D eigenvalue weighted by atomic mass is 35.5. The summed E-state index contributed by atoms with van der Waals surface area (Å²) in [5.74, 6) is -0.365. The van der Waals surface area contributed by atoms with Crippen LogP contribution in [0.3, 0.4) is 0 Å². The third-order valence-electron chi connectivity index (χ3n) is 3.85. The number of piperazine rings is 1. The molecule has 2 rings (SSSR count). The maximum absolute atomic E-state index is 12.7. The minimum Gasteiger partial charge on any atom is -0.324 e. The Balaban J connectivity index is 1.95. The number of carbonyl (C=O) groups is 1. The highest BCUT2D eigenvalue weighted by molar-refractivity contribution is 6.33. The molecule has 0 radical (unpaired) electrons. The van der Waals surface area contributed by atoms with E-state index in [0.717, 1.165) is 50.9 Å². The number of likely N-dealkylation sites (N-methyl/N-ethyl adjacent to an activating group) is 1. The second kappa shape index (κ2) is 7.51. The molecule has 0 saturated carbocycles. The van der Waals surface area contributed by atoms with E-state index in [4.69, 9.17) is 11.6 Å². The van der Waals surface area contributed by atoms with Gasteiger partial charge in [0.1, 0.15) is 0 Å². The number of rotatable bonds is 4. The standard InChI is InChI=1S/C15H19ClF3N3O/c1-2-21-5-7-22(8-6-21)10-14(23)20-13-9-11(15(17,18)19)3-4-12(13)16/h3-4,9H,2,5-8,10H2,1H3,(H,20,23). The van der Waals surface area contributed by atoms with Crippen LogP contribution in [0.25, 0.3) is 0 Å². The summed E-state index contributed by atoms with van der Waals surface area (Å²) >= 11 is 5.87. The zero-order valence-corrected chi connectivity index (χ0v) is 13.5. The van der Waals surface area contributed by atoms with Crippen LogP contribution in [-0.2, 0) is 11.0 Å². The van der Waals surface area contributed by atoms with E-state index < -0.39 is 11.7 Å². The SMILES string of the molecule is CCN1CCN(CC(=O)Nc2cc(C(F)(F)F)ccc2Cl)CC1. The van der Waals surface area contributed by atoms with Crippen molar-refractivity contribution < 1.29 is 18.0 Å². The smallest absolute Gasteiger partial charge is 0.324 e. The van der Waals surface area contributed by atoms with Crippen LogP contribution in [0.4, 0.5) is 18.9 Å². The van der Waals surface area contributed by atoms with Crippen LogP contribution in [0, 0.1) is 0 Å². The number of hydrogen-bond donors (Lipinski definition) is 1. The first-order valence-corrected chi connectivity index (χ1v) is 7.78. The molecule has 0 aromatic heterocycles. The number of halogens is 4. The molecule has 1 saturated heterocycles. The number of alkyl halides is 3. The second-order valence-corrected chi connectivity index (χ2v) is 5.86. The van der Waals surface area contributed by atoms with Crippen LogP contribution in [0.1, 0.15) is 12.5 Å². The summed E-state index contributed by atoms with van der Waals surface area (Å²) < 4.78 is 38.1. The first-order chi connectivity index (χ1) is 10.8. The van der Waals surface area contributed by atoms with Gasteiger partial charge >= 0.3 is 6.18 Å². The molecule has 8 heteroatoms. The lowest BCUT2D eigenvalue weighted by Crippen LogP contribution is -2.48. The summed E-state index contributed by atoms with van der Waals surface area (Å²) in [5.41, 5.74) is -0.854. The number of nitrogens with zero attached hydrogens (tertiary/aromatic N) is 2. The summed E-state index contributed by atoms with van der Waals surface area (Å²) in [6.07, 6.45) is -4.47. The van der Waals surface area contributed by atoms with Crippen molar-refractivity contribution in [1.29, 1.82) is 0 Å². The second-order valence-electron chi connectivity index (χ2n) is 5.45. The van der Waals surface area contributed by atoms with Crippen molar-refractivity contribution in [2.45, 2.75) is 13.1 Å². The average Bonchev–Trinajstić information content (AvgIpc) is 2.49. The molecule has 0 spiro atoms. The molecule has 0 bridgehead atoms. The molecular weight excluding hydrogens is 331 g/mol. The lowest BCUT2D eigenvalue weighted by Gasteiger charge is -2.33. The van der Waals surface area contributed by atoms with Gasteiger partial charge in [-0.3, -0.25) is 9.69 Å². The molecule has 1 aromatic rings. The van der Waals surface area contributed by atoms with Crippen molar-refractivity contribution in [3.8, 4) is 0 Å². The Labute approximate surface area is 138 Å². The predicted molar refractivity (Wildman–Crippen MR) is 83.6 cm³/mol. The molecule has 1 aliphatic rings. The van der Waals surface area contributed by atoms with Gasteiger partial charge in [0.15, 0.2) is 0 Å². The molecule has 0 aliphatic carbocycles. The monoisotopic (exact) mass is 349 g/mol. The van der Waals surface area contributed by atoms with E-state index in [0.29, 0.717) is 0 Å². The summed E-state index contributed by atoms with van der Waals surface area (Å²) in [7, 11) is 0. The minimum absolute atomic E-state index is 0.0151. The average molecular weight is 350 g/mol. The predicted octanol–water partition coefficient (Wildman–Crippen LogP) is 2.93. The van der Waals surface area contributed by atoms with Crippen molar-refractivity contribution in [3.05, 3.63) is 28.8 Å². The number of hydrogen-bond acceptors (Lipinski definition) is 3. The van der Waals surface area contributed by atoms with Gasteiger partial charge < -0.3 is 10.2 Å². The normalized spacial score (nSPS) is 17.3. The highest BCUT2D eigenvalue weighted by Crippen LogP contribution is 2.33. The van der Waals surface area contributed by atoms with Gasteiger partial charge in [-0.1, -0.05) is 18.5 Å². The molecule has 0 unspecified atom stereocenters. The Morgan fingerprint density at radius 2 is 1.83 bits per heavy atom. The Kier molecular flexibility index (Phi) is 5.89. The highest BCUT2D eigenvalue weighted by Gasteiger charge is 2.31. The van der Waals surface area contributed by atoms with E-state index in [1.54, 1.807) is 0 Å². The maximum atomic E-state index is 12.7. The third-order valence-corrected chi connectivity index (χ3v) is 4.18. The summed E-state index contributed by atoms with van der Waals surface area (Å²) in [5, 5.41) is 2.55. The Morgan fingerprint density at radius 1 is 1.22 bits per heavy atom. The number of anilines is 1. The van der Waals surface area contributed by atoms with Gasteiger partial charge in [-0.25, -0.2) is 0 Å². The van der Waals surface area contributed by atoms with Crippen molar-refractivity contribution in [3.63, 3.8) is 0 Å². The fourth-order valence-corrected chi connectivity index (χ4v) is 2.62. The molecule has 0 atom stereocenters. The first-order valence-electron chi connectivity index (χ1n) is 7.41.